The molecule has 0 atom stereocenters. The van der Waals surface area contributed by atoms with E-state index in [-0.39, 0.29) is 17.8 Å². The molecular weight excluding hydrogens is 487 g/mol. The molecule has 10 heteroatoms. The Morgan fingerprint density at radius 3 is 2.68 bits per heavy atom. The standard InChI is InChI=1S/C28H21FN6O3/c1-2-21-25(17-8-10-19(29)11-9-17)27-31-15-20-22(35(27)32-21)12-14-34(28(20)37)33-24(36)16-38-23-7-3-5-18-6-4-13-30-26(18)23/h3-15H,2,16H2,1H3,(H,33,36). The summed E-state index contributed by atoms with van der Waals surface area (Å²) in [5, 5.41) is 5.84. The van der Waals surface area contributed by atoms with Gasteiger partial charge in [-0.2, -0.15) is 5.10 Å². The summed E-state index contributed by atoms with van der Waals surface area (Å²) in [4.78, 5) is 34.6. The molecule has 0 aliphatic heterocycles. The molecule has 0 bridgehead atoms. The number of aromatic nitrogens is 5. The Labute approximate surface area is 215 Å². The number of hydrogen-bond donors (Lipinski definition) is 1. The van der Waals surface area contributed by atoms with E-state index in [0.29, 0.717) is 28.9 Å². The van der Waals surface area contributed by atoms with E-state index in [2.05, 4.69) is 20.5 Å². The number of ether oxygens (including phenoxy) is 1. The van der Waals surface area contributed by atoms with Gasteiger partial charge in [0.05, 0.1) is 16.6 Å². The summed E-state index contributed by atoms with van der Waals surface area (Å²) in [6.07, 6.45) is 5.20. The Balaban J connectivity index is 1.30. The number of benzene rings is 2. The molecule has 0 aliphatic rings. The molecule has 2 aromatic carbocycles. The van der Waals surface area contributed by atoms with Crippen LogP contribution in [-0.2, 0) is 11.2 Å². The zero-order valence-electron chi connectivity index (χ0n) is 20.3. The number of nitrogens with one attached hydrogen (secondary N) is 1. The van der Waals surface area contributed by atoms with E-state index >= 15 is 0 Å². The number of rotatable bonds is 6. The molecule has 38 heavy (non-hydrogen) atoms. The molecule has 0 spiro atoms. The number of aryl methyl sites for hydroxylation is 1. The number of nitrogens with zero attached hydrogens (tertiary/aromatic N) is 5. The summed E-state index contributed by atoms with van der Waals surface area (Å²) in [6, 6.07) is 17.0. The number of carbonyl (C=O) groups is 1. The summed E-state index contributed by atoms with van der Waals surface area (Å²) in [5.74, 6) is -0.374. The fourth-order valence-corrected chi connectivity index (χ4v) is 4.46. The van der Waals surface area contributed by atoms with E-state index < -0.39 is 11.5 Å². The lowest BCUT2D eigenvalue weighted by molar-refractivity contribution is -0.119. The molecule has 6 rings (SSSR count). The minimum Gasteiger partial charge on any atom is -0.481 e. The summed E-state index contributed by atoms with van der Waals surface area (Å²) < 4.78 is 21.9. The van der Waals surface area contributed by atoms with E-state index in [9.17, 15) is 14.0 Å². The zero-order chi connectivity index (χ0) is 26.2. The SMILES string of the molecule is CCc1nn2c(ncc3c(=O)n(NC(=O)COc4cccc5cccnc45)ccc32)c1-c1ccc(F)cc1. The van der Waals surface area contributed by atoms with Crippen molar-refractivity contribution in [2.24, 2.45) is 0 Å². The average Bonchev–Trinajstić information content (AvgIpc) is 3.33. The summed E-state index contributed by atoms with van der Waals surface area (Å²) in [5.41, 5.74) is 6.17. The van der Waals surface area contributed by atoms with Crippen LogP contribution in [0.1, 0.15) is 12.6 Å². The first kappa shape index (κ1) is 23.3. The summed E-state index contributed by atoms with van der Waals surface area (Å²) in [6.45, 7) is 1.66. The van der Waals surface area contributed by atoms with Crippen molar-refractivity contribution < 1.29 is 13.9 Å². The largest absolute Gasteiger partial charge is 0.481 e. The number of fused-ring (bicyclic) bond motifs is 4. The maximum absolute atomic E-state index is 13.5. The van der Waals surface area contributed by atoms with Gasteiger partial charge in [-0.1, -0.05) is 37.3 Å². The van der Waals surface area contributed by atoms with E-state index in [4.69, 9.17) is 4.74 Å². The van der Waals surface area contributed by atoms with Crippen molar-refractivity contribution in [3.05, 3.63) is 101 Å². The molecule has 4 heterocycles. The quantitative estimate of drug-likeness (QED) is 0.363. The Bertz CT molecular complexity index is 1890. The van der Waals surface area contributed by atoms with Crippen LogP contribution in [0.5, 0.6) is 5.75 Å². The molecule has 0 fully saturated rings. The van der Waals surface area contributed by atoms with E-state index in [1.165, 1.54) is 24.5 Å². The lowest BCUT2D eigenvalue weighted by atomic mass is 10.0. The van der Waals surface area contributed by atoms with Gasteiger partial charge in [0.25, 0.3) is 11.5 Å². The third-order valence-electron chi connectivity index (χ3n) is 6.25. The second kappa shape index (κ2) is 9.40. The van der Waals surface area contributed by atoms with Crippen molar-refractivity contribution >= 4 is 33.4 Å². The third-order valence-corrected chi connectivity index (χ3v) is 6.25. The van der Waals surface area contributed by atoms with Crippen LogP contribution < -0.4 is 15.7 Å². The van der Waals surface area contributed by atoms with Crippen molar-refractivity contribution in [3.63, 3.8) is 0 Å². The van der Waals surface area contributed by atoms with Crippen molar-refractivity contribution in [2.75, 3.05) is 12.0 Å². The van der Waals surface area contributed by atoms with Crippen LogP contribution in [0.3, 0.4) is 0 Å². The molecule has 4 aromatic heterocycles. The van der Waals surface area contributed by atoms with Gasteiger partial charge in [-0.15, -0.1) is 0 Å². The molecule has 0 radical (unpaired) electrons. The molecule has 188 valence electrons. The predicted octanol–water partition coefficient (Wildman–Crippen LogP) is 4.11. The number of amides is 1. The molecule has 9 nitrogen and oxygen atoms in total. The first-order valence-electron chi connectivity index (χ1n) is 12.0. The third kappa shape index (κ3) is 4.01. The minimum atomic E-state index is -0.514. The normalized spacial score (nSPS) is 11.3. The smallest absolute Gasteiger partial charge is 0.280 e. The van der Waals surface area contributed by atoms with Gasteiger partial charge in [0, 0.05) is 29.5 Å². The Morgan fingerprint density at radius 2 is 1.87 bits per heavy atom. The van der Waals surface area contributed by atoms with E-state index in [0.717, 1.165) is 26.9 Å². The highest BCUT2D eigenvalue weighted by molar-refractivity contribution is 5.89. The first-order chi connectivity index (χ1) is 18.5. The van der Waals surface area contributed by atoms with Crippen LogP contribution >= 0.6 is 0 Å². The predicted molar refractivity (Wildman–Crippen MR) is 141 cm³/mol. The van der Waals surface area contributed by atoms with Gasteiger partial charge in [0.1, 0.15) is 17.1 Å². The second-order valence-corrected chi connectivity index (χ2v) is 8.62. The second-order valence-electron chi connectivity index (χ2n) is 8.62. The van der Waals surface area contributed by atoms with Crippen LogP contribution in [0.2, 0.25) is 0 Å². The van der Waals surface area contributed by atoms with Crippen LogP contribution in [0.4, 0.5) is 4.39 Å². The van der Waals surface area contributed by atoms with Crippen LogP contribution in [0.15, 0.2) is 84.0 Å². The minimum absolute atomic E-state index is 0.273. The van der Waals surface area contributed by atoms with Gasteiger partial charge in [-0.3, -0.25) is 20.0 Å². The first-order valence-corrected chi connectivity index (χ1v) is 12.0. The van der Waals surface area contributed by atoms with Gasteiger partial charge in [0.2, 0.25) is 0 Å². The monoisotopic (exact) mass is 508 g/mol. The van der Waals surface area contributed by atoms with Gasteiger partial charge >= 0.3 is 0 Å². The molecule has 0 aliphatic carbocycles. The summed E-state index contributed by atoms with van der Waals surface area (Å²) in [7, 11) is 0. The van der Waals surface area contributed by atoms with Crippen molar-refractivity contribution in [2.45, 2.75) is 13.3 Å². The molecular formula is C28H21FN6O3. The van der Waals surface area contributed by atoms with Crippen molar-refractivity contribution in [3.8, 4) is 16.9 Å². The molecule has 0 saturated carbocycles. The van der Waals surface area contributed by atoms with E-state index in [1.54, 1.807) is 35.0 Å². The lowest BCUT2D eigenvalue weighted by Gasteiger charge is -2.11. The van der Waals surface area contributed by atoms with Crippen molar-refractivity contribution in [1.82, 2.24) is 24.3 Å². The molecule has 1 amide bonds. The maximum Gasteiger partial charge on any atom is 0.280 e. The topological polar surface area (TPSA) is 103 Å². The fraction of sp³-hybridized carbons (Fsp3) is 0.107. The fourth-order valence-electron chi connectivity index (χ4n) is 4.46. The van der Waals surface area contributed by atoms with Crippen molar-refractivity contribution in [1.29, 1.82) is 0 Å². The van der Waals surface area contributed by atoms with Gasteiger partial charge in [0.15, 0.2) is 12.3 Å². The molecule has 6 aromatic rings. The number of halogens is 1. The number of pyridine rings is 2. The average molecular weight is 509 g/mol. The molecule has 1 N–H and O–H groups in total. The molecule has 0 unspecified atom stereocenters. The molecule has 0 saturated heterocycles. The van der Waals surface area contributed by atoms with Crippen LogP contribution in [-0.4, -0.2) is 36.8 Å². The zero-order valence-corrected chi connectivity index (χ0v) is 20.3. The van der Waals surface area contributed by atoms with Gasteiger partial charge in [-0.05, 0) is 42.3 Å². The van der Waals surface area contributed by atoms with E-state index in [1.807, 2.05) is 31.2 Å². The van der Waals surface area contributed by atoms with Gasteiger partial charge < -0.3 is 4.74 Å². The Kier molecular flexibility index (Phi) is 5.76. The highest BCUT2D eigenvalue weighted by atomic mass is 19.1. The highest BCUT2D eigenvalue weighted by Crippen LogP contribution is 2.29. The number of carbonyl (C=O) groups excluding carboxylic acids is 1. The van der Waals surface area contributed by atoms with Gasteiger partial charge in [-0.25, -0.2) is 18.6 Å². The summed E-state index contributed by atoms with van der Waals surface area (Å²) >= 11 is 0. The lowest BCUT2D eigenvalue weighted by Crippen LogP contribution is -2.35. The van der Waals surface area contributed by atoms with Crippen LogP contribution in [0, 0.1) is 5.82 Å². The Morgan fingerprint density at radius 1 is 1.05 bits per heavy atom. The van der Waals surface area contributed by atoms with Crippen LogP contribution in [0.25, 0.3) is 38.6 Å². The number of hydrogen-bond acceptors (Lipinski definition) is 6. The maximum atomic E-state index is 13.5. The number of para-hydroxylation sites is 1. The Hall–Kier alpha value is -5.12. The highest BCUT2D eigenvalue weighted by Gasteiger charge is 2.18.